The molecular weight excluding hydrogens is 450 g/mol. The van der Waals surface area contributed by atoms with Crippen molar-refractivity contribution in [3.8, 4) is 11.5 Å². The van der Waals surface area contributed by atoms with E-state index in [0.29, 0.717) is 17.1 Å². The molecular formula is C30H43N3O3. The van der Waals surface area contributed by atoms with E-state index in [-0.39, 0.29) is 11.9 Å². The largest absolute Gasteiger partial charge is 0.493 e. The average Bonchev–Trinajstić information content (AvgIpc) is 3.28. The van der Waals surface area contributed by atoms with Gasteiger partial charge in [-0.15, -0.1) is 0 Å². The number of amides is 1. The van der Waals surface area contributed by atoms with Crippen molar-refractivity contribution in [1.82, 2.24) is 14.9 Å². The summed E-state index contributed by atoms with van der Waals surface area (Å²) in [6.45, 7) is 5.17. The van der Waals surface area contributed by atoms with Gasteiger partial charge in [-0.05, 0) is 43.7 Å². The highest BCUT2D eigenvalue weighted by Crippen LogP contribution is 2.28. The molecule has 1 aromatic heterocycles. The molecule has 6 nitrogen and oxygen atoms in total. The van der Waals surface area contributed by atoms with E-state index in [1.165, 1.54) is 57.8 Å². The maximum absolute atomic E-state index is 13.0. The fourth-order valence-electron chi connectivity index (χ4n) is 4.74. The van der Waals surface area contributed by atoms with Gasteiger partial charge >= 0.3 is 0 Å². The molecule has 1 atom stereocenters. The first-order chi connectivity index (χ1) is 17.6. The Morgan fingerprint density at radius 1 is 0.889 bits per heavy atom. The monoisotopic (exact) mass is 493 g/mol. The van der Waals surface area contributed by atoms with Crippen LogP contribution in [0.25, 0.3) is 11.0 Å². The Morgan fingerprint density at radius 3 is 2.19 bits per heavy atom. The average molecular weight is 494 g/mol. The highest BCUT2D eigenvalue weighted by molar-refractivity contribution is 5.95. The van der Waals surface area contributed by atoms with Gasteiger partial charge in [0.15, 0.2) is 11.5 Å². The lowest BCUT2D eigenvalue weighted by Crippen LogP contribution is -2.28. The summed E-state index contributed by atoms with van der Waals surface area (Å²) >= 11 is 0. The number of methoxy groups -OCH3 is 2. The Bertz CT molecular complexity index is 1090. The van der Waals surface area contributed by atoms with Gasteiger partial charge in [0.1, 0.15) is 5.82 Å². The fourth-order valence-corrected chi connectivity index (χ4v) is 4.74. The van der Waals surface area contributed by atoms with E-state index in [2.05, 4.69) is 28.9 Å². The molecule has 0 spiro atoms. The zero-order chi connectivity index (χ0) is 25.8. The van der Waals surface area contributed by atoms with Crippen LogP contribution in [0.15, 0.2) is 42.5 Å². The zero-order valence-electron chi connectivity index (χ0n) is 22.5. The Morgan fingerprint density at radius 2 is 1.53 bits per heavy atom. The molecule has 0 saturated carbocycles. The molecule has 3 aromatic rings. The van der Waals surface area contributed by atoms with Crippen LogP contribution >= 0.6 is 0 Å². The molecule has 0 aliphatic carbocycles. The molecule has 3 rings (SSSR count). The van der Waals surface area contributed by atoms with Gasteiger partial charge in [-0.2, -0.15) is 0 Å². The van der Waals surface area contributed by atoms with Crippen LogP contribution < -0.4 is 14.8 Å². The van der Waals surface area contributed by atoms with Crippen molar-refractivity contribution in [3.05, 3.63) is 53.9 Å². The third-order valence-corrected chi connectivity index (χ3v) is 6.80. The summed E-state index contributed by atoms with van der Waals surface area (Å²) in [5.74, 6) is 1.85. The Hall–Kier alpha value is -3.02. The van der Waals surface area contributed by atoms with E-state index in [9.17, 15) is 4.79 Å². The second-order valence-electron chi connectivity index (χ2n) is 9.56. The number of rotatable bonds is 16. The van der Waals surface area contributed by atoms with Gasteiger partial charge in [0.2, 0.25) is 0 Å². The number of nitrogens with one attached hydrogen (secondary N) is 1. The van der Waals surface area contributed by atoms with E-state index >= 15 is 0 Å². The summed E-state index contributed by atoms with van der Waals surface area (Å²) in [6, 6.07) is 13.2. The van der Waals surface area contributed by atoms with Crippen LogP contribution in [0.3, 0.4) is 0 Å². The van der Waals surface area contributed by atoms with Gasteiger partial charge < -0.3 is 19.4 Å². The van der Waals surface area contributed by atoms with Crippen molar-refractivity contribution < 1.29 is 14.3 Å². The highest BCUT2D eigenvalue weighted by Gasteiger charge is 2.20. The predicted octanol–water partition coefficient (Wildman–Crippen LogP) is 7.47. The quantitative estimate of drug-likeness (QED) is 0.210. The number of carbonyl (C=O) groups is 1. The maximum Gasteiger partial charge on any atom is 0.251 e. The zero-order valence-corrected chi connectivity index (χ0v) is 22.5. The van der Waals surface area contributed by atoms with Crippen LogP contribution in [0.4, 0.5) is 0 Å². The minimum Gasteiger partial charge on any atom is -0.493 e. The fraction of sp³-hybridized carbons (Fsp3) is 0.533. The first-order valence-electron chi connectivity index (χ1n) is 13.6. The van der Waals surface area contributed by atoms with Crippen LogP contribution in [0.2, 0.25) is 0 Å². The SMILES string of the molecule is CCCCCCCCCCCCn1c(C(C)NC(=O)c2ccc(OC)c(OC)c2)nc2ccccc21. The van der Waals surface area contributed by atoms with E-state index in [1.807, 2.05) is 19.1 Å². The van der Waals surface area contributed by atoms with Gasteiger partial charge in [-0.1, -0.05) is 76.8 Å². The summed E-state index contributed by atoms with van der Waals surface area (Å²) in [4.78, 5) is 17.9. The second-order valence-corrected chi connectivity index (χ2v) is 9.56. The van der Waals surface area contributed by atoms with Crippen LogP contribution in [-0.2, 0) is 6.54 Å². The minimum absolute atomic E-state index is 0.166. The molecule has 0 radical (unpaired) electrons. The first-order valence-corrected chi connectivity index (χ1v) is 13.6. The standard InChI is InChI=1S/C30H43N3O3/c1-5-6-7-8-9-10-11-12-13-16-21-33-26-18-15-14-17-25(26)32-29(33)23(2)31-30(34)24-19-20-27(35-3)28(22-24)36-4/h14-15,17-20,22-23H,5-13,16,21H2,1-4H3,(H,31,34). The normalized spacial score (nSPS) is 12.0. The number of para-hydroxylation sites is 2. The number of hydrogen-bond donors (Lipinski definition) is 1. The van der Waals surface area contributed by atoms with E-state index < -0.39 is 0 Å². The van der Waals surface area contributed by atoms with Crippen LogP contribution in [0.1, 0.15) is 100 Å². The maximum atomic E-state index is 13.0. The molecule has 1 heterocycles. The lowest BCUT2D eigenvalue weighted by atomic mass is 10.1. The number of aryl methyl sites for hydroxylation is 1. The molecule has 0 aliphatic heterocycles. The molecule has 0 aliphatic rings. The molecule has 6 heteroatoms. The van der Waals surface area contributed by atoms with Crippen LogP contribution in [-0.4, -0.2) is 29.7 Å². The Kier molecular flexibility index (Phi) is 11.1. The van der Waals surface area contributed by atoms with Crippen molar-refractivity contribution in [1.29, 1.82) is 0 Å². The van der Waals surface area contributed by atoms with Crippen LogP contribution in [0, 0.1) is 0 Å². The number of aromatic nitrogens is 2. The van der Waals surface area contributed by atoms with Crippen LogP contribution in [0.5, 0.6) is 11.5 Å². The molecule has 36 heavy (non-hydrogen) atoms. The van der Waals surface area contributed by atoms with E-state index in [4.69, 9.17) is 14.5 Å². The molecule has 0 saturated heterocycles. The van der Waals surface area contributed by atoms with E-state index in [1.54, 1.807) is 32.4 Å². The molecule has 0 bridgehead atoms. The van der Waals surface area contributed by atoms with Gasteiger partial charge in [0.05, 0.1) is 31.3 Å². The van der Waals surface area contributed by atoms with Crippen molar-refractivity contribution in [2.75, 3.05) is 14.2 Å². The second kappa shape index (κ2) is 14.5. The van der Waals surface area contributed by atoms with Gasteiger partial charge in [0, 0.05) is 12.1 Å². The minimum atomic E-state index is -0.235. The molecule has 1 amide bonds. The molecule has 1 N–H and O–H groups in total. The number of ether oxygens (including phenoxy) is 2. The molecule has 2 aromatic carbocycles. The third-order valence-electron chi connectivity index (χ3n) is 6.80. The van der Waals surface area contributed by atoms with Gasteiger partial charge in [-0.3, -0.25) is 4.79 Å². The molecule has 196 valence electrons. The van der Waals surface area contributed by atoms with E-state index in [0.717, 1.165) is 29.8 Å². The molecule has 1 unspecified atom stereocenters. The number of carbonyl (C=O) groups excluding carboxylic acids is 1. The predicted molar refractivity (Wildman–Crippen MR) is 147 cm³/mol. The summed E-state index contributed by atoms with van der Waals surface area (Å²) < 4.78 is 12.9. The smallest absolute Gasteiger partial charge is 0.251 e. The highest BCUT2D eigenvalue weighted by atomic mass is 16.5. The lowest BCUT2D eigenvalue weighted by molar-refractivity contribution is 0.0937. The van der Waals surface area contributed by atoms with Crippen molar-refractivity contribution in [2.45, 2.75) is 90.6 Å². The van der Waals surface area contributed by atoms with Gasteiger partial charge in [-0.25, -0.2) is 4.98 Å². The Balaban J connectivity index is 1.60. The van der Waals surface area contributed by atoms with Crippen molar-refractivity contribution >= 4 is 16.9 Å². The summed E-state index contributed by atoms with van der Waals surface area (Å²) in [5, 5.41) is 3.12. The van der Waals surface area contributed by atoms with Crippen molar-refractivity contribution in [2.24, 2.45) is 0 Å². The molecule has 0 fully saturated rings. The number of nitrogens with zero attached hydrogens (tertiary/aromatic N) is 2. The first kappa shape index (κ1) is 27.6. The summed E-state index contributed by atoms with van der Waals surface area (Å²) in [6.07, 6.45) is 13.1. The Labute approximate surface area is 216 Å². The number of hydrogen-bond acceptors (Lipinski definition) is 4. The van der Waals surface area contributed by atoms with Gasteiger partial charge in [0.25, 0.3) is 5.91 Å². The number of imidazole rings is 1. The van der Waals surface area contributed by atoms with Crippen molar-refractivity contribution in [3.63, 3.8) is 0 Å². The summed E-state index contributed by atoms with van der Waals surface area (Å²) in [5.41, 5.74) is 2.61. The topological polar surface area (TPSA) is 65.4 Å². The number of fused-ring (bicyclic) bond motifs is 1. The summed E-state index contributed by atoms with van der Waals surface area (Å²) in [7, 11) is 3.15. The lowest BCUT2D eigenvalue weighted by Gasteiger charge is -2.17. The number of benzene rings is 2. The number of unbranched alkanes of at least 4 members (excludes halogenated alkanes) is 9. The third kappa shape index (κ3) is 7.49.